The van der Waals surface area contributed by atoms with Gasteiger partial charge in [0.05, 0.1) is 5.25 Å². The molecule has 0 bridgehead atoms. The van der Waals surface area contributed by atoms with Gasteiger partial charge in [0, 0.05) is 22.7 Å². The first-order valence-corrected chi connectivity index (χ1v) is 10.5. The van der Waals surface area contributed by atoms with Crippen molar-refractivity contribution in [2.24, 2.45) is 5.41 Å². The van der Waals surface area contributed by atoms with Crippen molar-refractivity contribution in [1.82, 2.24) is 0 Å². The molecule has 1 atom stereocenters. The molecule has 0 radical (unpaired) electrons. The van der Waals surface area contributed by atoms with E-state index in [1.807, 2.05) is 83.1 Å². The van der Waals surface area contributed by atoms with E-state index in [0.717, 1.165) is 21.8 Å². The van der Waals surface area contributed by atoms with Gasteiger partial charge in [-0.3, -0.25) is 9.59 Å². The van der Waals surface area contributed by atoms with E-state index in [0.29, 0.717) is 12.8 Å². The summed E-state index contributed by atoms with van der Waals surface area (Å²) in [5, 5.41) is 5.74. The second-order valence-electron chi connectivity index (χ2n) is 8.19. The lowest BCUT2D eigenvalue weighted by Gasteiger charge is -2.18. The summed E-state index contributed by atoms with van der Waals surface area (Å²) in [6.07, 6.45) is 1.17. The van der Waals surface area contributed by atoms with Gasteiger partial charge in [0.2, 0.25) is 11.8 Å². The van der Waals surface area contributed by atoms with Crippen LogP contribution in [0.1, 0.15) is 46.1 Å². The van der Waals surface area contributed by atoms with Crippen LogP contribution in [0.3, 0.4) is 0 Å². The molecule has 4 nitrogen and oxygen atoms in total. The second-order valence-corrected chi connectivity index (χ2v) is 9.46. The van der Waals surface area contributed by atoms with Gasteiger partial charge in [-0.05, 0) is 54.7 Å². The zero-order chi connectivity index (χ0) is 20.7. The zero-order valence-corrected chi connectivity index (χ0v) is 18.2. The van der Waals surface area contributed by atoms with Gasteiger partial charge in [0.1, 0.15) is 0 Å². The number of hydrogen-bond donors (Lipinski definition) is 2. The molecule has 2 rings (SSSR count). The summed E-state index contributed by atoms with van der Waals surface area (Å²) >= 11 is 1.51. The van der Waals surface area contributed by atoms with Gasteiger partial charge in [-0.25, -0.2) is 0 Å². The van der Waals surface area contributed by atoms with Crippen LogP contribution in [0.4, 0.5) is 11.4 Å². The molecule has 2 amide bonds. The topological polar surface area (TPSA) is 58.2 Å². The summed E-state index contributed by atoms with van der Waals surface area (Å²) in [6, 6.07) is 15.5. The minimum Gasteiger partial charge on any atom is -0.326 e. The molecule has 0 saturated heterocycles. The molecule has 0 aliphatic heterocycles. The second kappa shape index (κ2) is 9.78. The summed E-state index contributed by atoms with van der Waals surface area (Å²) < 4.78 is 0. The molecule has 2 aromatic carbocycles. The monoisotopic (exact) mass is 398 g/mol. The van der Waals surface area contributed by atoms with Crippen molar-refractivity contribution < 1.29 is 9.59 Å². The largest absolute Gasteiger partial charge is 0.326 e. The maximum Gasteiger partial charge on any atom is 0.237 e. The van der Waals surface area contributed by atoms with Gasteiger partial charge in [-0.2, -0.15) is 0 Å². The van der Waals surface area contributed by atoms with Crippen molar-refractivity contribution >= 4 is 35.0 Å². The summed E-state index contributed by atoms with van der Waals surface area (Å²) in [7, 11) is 0. The molecule has 150 valence electrons. The maximum atomic E-state index is 12.7. The normalized spacial score (nSPS) is 12.3. The fraction of sp³-hybridized carbons (Fsp3) is 0.391. The van der Waals surface area contributed by atoms with E-state index in [-0.39, 0.29) is 22.5 Å². The standard InChI is InChI=1S/C23H30N2O2S/c1-6-20(22(27)25-17-10-7-9-16(2)13-17)28-19-12-8-11-18(14-19)24-21(26)15-23(3,4)5/h7-14,20H,6,15H2,1-5H3,(H,24,26)(H,25,27). The van der Waals surface area contributed by atoms with E-state index < -0.39 is 0 Å². The fourth-order valence-electron chi connectivity index (χ4n) is 2.77. The number of carbonyl (C=O) groups excluding carboxylic acids is 2. The SMILES string of the molecule is CCC(Sc1cccc(NC(=O)CC(C)(C)C)c1)C(=O)Nc1cccc(C)c1. The number of amides is 2. The Hall–Kier alpha value is -2.27. The highest BCUT2D eigenvalue weighted by Crippen LogP contribution is 2.29. The fourth-order valence-corrected chi connectivity index (χ4v) is 3.78. The van der Waals surface area contributed by atoms with Crippen LogP contribution in [-0.2, 0) is 9.59 Å². The van der Waals surface area contributed by atoms with Crippen LogP contribution in [0.25, 0.3) is 0 Å². The predicted octanol–water partition coefficient (Wildman–Crippen LogP) is 5.88. The van der Waals surface area contributed by atoms with Gasteiger partial charge >= 0.3 is 0 Å². The maximum absolute atomic E-state index is 12.7. The van der Waals surface area contributed by atoms with E-state index in [4.69, 9.17) is 0 Å². The third-order valence-corrected chi connectivity index (χ3v) is 5.39. The van der Waals surface area contributed by atoms with E-state index in [9.17, 15) is 9.59 Å². The number of hydrogen-bond acceptors (Lipinski definition) is 3. The van der Waals surface area contributed by atoms with Crippen LogP contribution < -0.4 is 10.6 Å². The van der Waals surface area contributed by atoms with Gasteiger partial charge < -0.3 is 10.6 Å². The van der Waals surface area contributed by atoms with Crippen LogP contribution in [0.5, 0.6) is 0 Å². The number of nitrogens with one attached hydrogen (secondary N) is 2. The third-order valence-electron chi connectivity index (χ3n) is 4.04. The molecular formula is C23H30N2O2S. The molecule has 0 spiro atoms. The Morgan fingerprint density at radius 3 is 2.25 bits per heavy atom. The Kier molecular flexibility index (Phi) is 7.69. The molecule has 0 aliphatic carbocycles. The van der Waals surface area contributed by atoms with Crippen molar-refractivity contribution in [2.75, 3.05) is 10.6 Å². The quantitative estimate of drug-likeness (QED) is 0.573. The van der Waals surface area contributed by atoms with Gasteiger partial charge in [0.15, 0.2) is 0 Å². The van der Waals surface area contributed by atoms with Crippen LogP contribution in [0.15, 0.2) is 53.4 Å². The van der Waals surface area contributed by atoms with Crippen LogP contribution in [0, 0.1) is 12.3 Å². The number of thioether (sulfide) groups is 1. The van der Waals surface area contributed by atoms with E-state index in [1.165, 1.54) is 11.8 Å². The Labute approximate surface area is 172 Å². The molecule has 0 aromatic heterocycles. The minimum absolute atomic E-state index is 0.00104. The lowest BCUT2D eigenvalue weighted by Crippen LogP contribution is -2.24. The van der Waals surface area contributed by atoms with E-state index in [2.05, 4.69) is 10.6 Å². The first-order chi connectivity index (χ1) is 13.2. The molecule has 0 aliphatic rings. The summed E-state index contributed by atoms with van der Waals surface area (Å²) in [5.74, 6) is -0.0147. The summed E-state index contributed by atoms with van der Waals surface area (Å²) in [4.78, 5) is 25.8. The molecule has 0 fully saturated rings. The highest BCUT2D eigenvalue weighted by Gasteiger charge is 2.19. The van der Waals surface area contributed by atoms with Gasteiger partial charge in [-0.1, -0.05) is 45.9 Å². The number of benzene rings is 2. The van der Waals surface area contributed by atoms with Gasteiger partial charge in [-0.15, -0.1) is 11.8 Å². The van der Waals surface area contributed by atoms with Crippen molar-refractivity contribution in [3.05, 3.63) is 54.1 Å². The molecule has 5 heteroatoms. The lowest BCUT2D eigenvalue weighted by atomic mass is 9.92. The van der Waals surface area contributed by atoms with Crippen molar-refractivity contribution in [1.29, 1.82) is 0 Å². The lowest BCUT2D eigenvalue weighted by molar-refractivity contribution is -0.118. The van der Waals surface area contributed by atoms with Crippen LogP contribution >= 0.6 is 11.8 Å². The smallest absolute Gasteiger partial charge is 0.237 e. The first-order valence-electron chi connectivity index (χ1n) is 9.60. The Morgan fingerprint density at radius 1 is 1.00 bits per heavy atom. The van der Waals surface area contributed by atoms with Crippen molar-refractivity contribution in [3.63, 3.8) is 0 Å². The highest BCUT2D eigenvalue weighted by atomic mass is 32.2. The Balaban J connectivity index is 2.02. The molecular weight excluding hydrogens is 368 g/mol. The average molecular weight is 399 g/mol. The number of aryl methyl sites for hydroxylation is 1. The van der Waals surface area contributed by atoms with Crippen LogP contribution in [-0.4, -0.2) is 17.1 Å². The molecule has 0 heterocycles. The van der Waals surface area contributed by atoms with Crippen LogP contribution in [0.2, 0.25) is 0 Å². The number of anilines is 2. The Morgan fingerprint density at radius 2 is 1.64 bits per heavy atom. The predicted molar refractivity (Wildman–Crippen MR) is 119 cm³/mol. The van der Waals surface area contributed by atoms with E-state index >= 15 is 0 Å². The molecule has 2 aromatic rings. The third kappa shape index (κ3) is 7.39. The molecule has 0 saturated carbocycles. The summed E-state index contributed by atoms with van der Waals surface area (Å²) in [5.41, 5.74) is 2.62. The number of carbonyl (C=O) groups is 2. The molecule has 28 heavy (non-hydrogen) atoms. The van der Waals surface area contributed by atoms with Gasteiger partial charge in [0.25, 0.3) is 0 Å². The number of rotatable bonds is 7. The summed E-state index contributed by atoms with van der Waals surface area (Å²) in [6.45, 7) is 10.1. The minimum atomic E-state index is -0.207. The van der Waals surface area contributed by atoms with E-state index in [1.54, 1.807) is 0 Å². The molecule has 2 N–H and O–H groups in total. The van der Waals surface area contributed by atoms with Crippen molar-refractivity contribution in [2.45, 2.75) is 57.6 Å². The first kappa shape index (κ1) is 22.0. The molecule has 1 unspecified atom stereocenters. The average Bonchev–Trinajstić information content (AvgIpc) is 2.58. The highest BCUT2D eigenvalue weighted by molar-refractivity contribution is 8.00. The van der Waals surface area contributed by atoms with Crippen molar-refractivity contribution in [3.8, 4) is 0 Å². The zero-order valence-electron chi connectivity index (χ0n) is 17.3. The Bertz CT molecular complexity index is 827.